The molecule has 2 rings (SSSR count). The lowest BCUT2D eigenvalue weighted by Crippen LogP contribution is -1.92. The Balaban J connectivity index is 2.20. The Hall–Kier alpha value is -2.54. The van der Waals surface area contributed by atoms with Crippen LogP contribution in [0.5, 0.6) is 11.6 Å². The molecule has 2 N–H and O–H groups in total. The average molecular weight is 225 g/mol. The lowest BCUT2D eigenvalue weighted by molar-refractivity contribution is 0.463. The number of nitrogens with two attached hydrogens (primary N) is 1. The largest absolute Gasteiger partial charge is 0.439 e. The van der Waals surface area contributed by atoms with E-state index in [0.29, 0.717) is 22.9 Å². The zero-order valence-electron chi connectivity index (χ0n) is 9.34. The molecule has 17 heavy (non-hydrogen) atoms. The summed E-state index contributed by atoms with van der Waals surface area (Å²) in [4.78, 5) is 4.01. The number of anilines is 1. The summed E-state index contributed by atoms with van der Waals surface area (Å²) in [5.74, 6) is 1.07. The Labute approximate surface area is 99.3 Å². The van der Waals surface area contributed by atoms with E-state index in [1.807, 2.05) is 25.1 Å². The molecule has 0 unspecified atom stereocenters. The summed E-state index contributed by atoms with van der Waals surface area (Å²) in [6.45, 7) is 1.93. The van der Waals surface area contributed by atoms with Crippen molar-refractivity contribution in [1.29, 1.82) is 5.26 Å². The Morgan fingerprint density at radius 2 is 2.12 bits per heavy atom. The second-order valence-corrected chi connectivity index (χ2v) is 3.62. The van der Waals surface area contributed by atoms with Gasteiger partial charge < -0.3 is 10.5 Å². The molecule has 1 aromatic heterocycles. The van der Waals surface area contributed by atoms with E-state index in [4.69, 9.17) is 15.7 Å². The Bertz CT molecular complexity index is 570. The second kappa shape index (κ2) is 4.54. The van der Waals surface area contributed by atoms with Gasteiger partial charge in [0.1, 0.15) is 11.8 Å². The first-order valence-corrected chi connectivity index (χ1v) is 5.09. The molecule has 0 aliphatic heterocycles. The molecule has 0 fully saturated rings. The monoisotopic (exact) mass is 225 g/mol. The lowest BCUT2D eigenvalue weighted by atomic mass is 10.2. The minimum Gasteiger partial charge on any atom is -0.439 e. The Morgan fingerprint density at radius 1 is 1.29 bits per heavy atom. The van der Waals surface area contributed by atoms with E-state index in [0.717, 1.165) is 5.56 Å². The summed E-state index contributed by atoms with van der Waals surface area (Å²) in [5, 5.41) is 8.64. The van der Waals surface area contributed by atoms with Crippen molar-refractivity contribution in [2.24, 2.45) is 0 Å². The minimum atomic E-state index is 0.437. The van der Waals surface area contributed by atoms with Gasteiger partial charge in [0, 0.05) is 24.0 Å². The van der Waals surface area contributed by atoms with E-state index in [-0.39, 0.29) is 0 Å². The SMILES string of the molecule is Cc1ccc(Oc2ccc(C#N)cn2)cc1N. The Kier molecular flexibility index (Phi) is 2.93. The van der Waals surface area contributed by atoms with E-state index in [1.165, 1.54) is 6.20 Å². The second-order valence-electron chi connectivity index (χ2n) is 3.62. The van der Waals surface area contributed by atoms with Crippen LogP contribution >= 0.6 is 0 Å². The highest BCUT2D eigenvalue weighted by atomic mass is 16.5. The summed E-state index contributed by atoms with van der Waals surface area (Å²) in [7, 11) is 0. The van der Waals surface area contributed by atoms with Gasteiger partial charge in [-0.05, 0) is 24.6 Å². The number of nitrogen functional groups attached to an aromatic ring is 1. The maximum absolute atomic E-state index is 8.64. The van der Waals surface area contributed by atoms with Crippen LogP contribution in [0.1, 0.15) is 11.1 Å². The van der Waals surface area contributed by atoms with Gasteiger partial charge in [-0.1, -0.05) is 6.07 Å². The smallest absolute Gasteiger partial charge is 0.219 e. The van der Waals surface area contributed by atoms with Crippen molar-refractivity contribution in [2.45, 2.75) is 6.92 Å². The van der Waals surface area contributed by atoms with Crippen molar-refractivity contribution in [3.8, 4) is 17.7 Å². The zero-order chi connectivity index (χ0) is 12.3. The normalized spacial score (nSPS) is 9.65. The molecular weight excluding hydrogens is 214 g/mol. The van der Waals surface area contributed by atoms with Gasteiger partial charge >= 0.3 is 0 Å². The summed E-state index contributed by atoms with van der Waals surface area (Å²) in [6.07, 6.45) is 1.47. The molecule has 0 saturated heterocycles. The number of ether oxygens (including phenoxy) is 1. The molecule has 0 aliphatic rings. The first kappa shape index (κ1) is 11.0. The fourth-order valence-electron chi connectivity index (χ4n) is 1.31. The van der Waals surface area contributed by atoms with Gasteiger partial charge in [0.05, 0.1) is 5.56 Å². The average Bonchev–Trinajstić information content (AvgIpc) is 2.35. The van der Waals surface area contributed by atoms with Gasteiger partial charge in [-0.3, -0.25) is 0 Å². The van der Waals surface area contributed by atoms with Crippen LogP contribution in [-0.2, 0) is 0 Å². The predicted molar refractivity (Wildman–Crippen MR) is 64.6 cm³/mol. The van der Waals surface area contributed by atoms with Crippen molar-refractivity contribution < 1.29 is 4.74 Å². The Morgan fingerprint density at radius 3 is 2.71 bits per heavy atom. The number of aromatic nitrogens is 1. The van der Waals surface area contributed by atoms with Crippen LogP contribution < -0.4 is 10.5 Å². The van der Waals surface area contributed by atoms with Crippen molar-refractivity contribution in [3.05, 3.63) is 47.7 Å². The number of nitrogens with zero attached hydrogens (tertiary/aromatic N) is 2. The summed E-state index contributed by atoms with van der Waals surface area (Å²) < 4.78 is 5.51. The molecule has 4 heteroatoms. The maximum Gasteiger partial charge on any atom is 0.219 e. The highest BCUT2D eigenvalue weighted by Crippen LogP contribution is 2.23. The fraction of sp³-hybridized carbons (Fsp3) is 0.0769. The molecule has 0 saturated carbocycles. The molecule has 0 bridgehead atoms. The van der Waals surface area contributed by atoms with Crippen molar-refractivity contribution in [3.63, 3.8) is 0 Å². The number of hydrogen-bond acceptors (Lipinski definition) is 4. The van der Waals surface area contributed by atoms with E-state index >= 15 is 0 Å². The van der Waals surface area contributed by atoms with Crippen LogP contribution in [0.15, 0.2) is 36.5 Å². The number of hydrogen-bond donors (Lipinski definition) is 1. The lowest BCUT2D eigenvalue weighted by Gasteiger charge is -2.06. The maximum atomic E-state index is 8.64. The van der Waals surface area contributed by atoms with Crippen LogP contribution in [0.4, 0.5) is 5.69 Å². The van der Waals surface area contributed by atoms with Crippen molar-refractivity contribution in [1.82, 2.24) is 4.98 Å². The van der Waals surface area contributed by atoms with Gasteiger partial charge in [-0.15, -0.1) is 0 Å². The van der Waals surface area contributed by atoms with Gasteiger partial charge in [-0.2, -0.15) is 5.26 Å². The third-order valence-electron chi connectivity index (χ3n) is 2.34. The molecule has 1 heterocycles. The van der Waals surface area contributed by atoms with Crippen LogP contribution in [-0.4, -0.2) is 4.98 Å². The van der Waals surface area contributed by atoms with Crippen molar-refractivity contribution in [2.75, 3.05) is 5.73 Å². The highest BCUT2D eigenvalue weighted by Gasteiger charge is 2.01. The number of pyridine rings is 1. The van der Waals surface area contributed by atoms with Gasteiger partial charge in [0.15, 0.2) is 0 Å². The molecule has 1 aromatic carbocycles. The number of aryl methyl sites for hydroxylation is 1. The molecule has 0 spiro atoms. The summed E-state index contributed by atoms with van der Waals surface area (Å²) in [5.41, 5.74) is 7.96. The summed E-state index contributed by atoms with van der Waals surface area (Å²) in [6, 6.07) is 10.8. The van der Waals surface area contributed by atoms with Crippen LogP contribution in [0, 0.1) is 18.3 Å². The molecule has 2 aromatic rings. The molecule has 0 amide bonds. The van der Waals surface area contributed by atoms with Gasteiger partial charge in [-0.25, -0.2) is 4.98 Å². The van der Waals surface area contributed by atoms with Gasteiger partial charge in [0.2, 0.25) is 5.88 Å². The summed E-state index contributed by atoms with van der Waals surface area (Å²) >= 11 is 0. The first-order chi connectivity index (χ1) is 8.19. The molecule has 0 aliphatic carbocycles. The van der Waals surface area contributed by atoms with E-state index in [1.54, 1.807) is 18.2 Å². The van der Waals surface area contributed by atoms with E-state index in [9.17, 15) is 0 Å². The topological polar surface area (TPSA) is 71.9 Å². The molecule has 4 nitrogen and oxygen atoms in total. The number of benzene rings is 1. The van der Waals surface area contributed by atoms with E-state index in [2.05, 4.69) is 4.98 Å². The zero-order valence-corrected chi connectivity index (χ0v) is 9.34. The standard InChI is InChI=1S/C13H11N3O/c1-9-2-4-11(6-12(9)15)17-13-5-3-10(7-14)8-16-13/h2-6,8H,15H2,1H3. The molecule has 84 valence electrons. The van der Waals surface area contributed by atoms with Gasteiger partial charge in [0.25, 0.3) is 0 Å². The van der Waals surface area contributed by atoms with Crippen LogP contribution in [0.3, 0.4) is 0 Å². The highest BCUT2D eigenvalue weighted by molar-refractivity contribution is 5.51. The third kappa shape index (κ3) is 2.52. The third-order valence-corrected chi connectivity index (χ3v) is 2.34. The quantitative estimate of drug-likeness (QED) is 0.797. The minimum absolute atomic E-state index is 0.437. The van der Waals surface area contributed by atoms with E-state index < -0.39 is 0 Å². The predicted octanol–water partition coefficient (Wildman–Crippen LogP) is 2.64. The van der Waals surface area contributed by atoms with Crippen LogP contribution in [0.25, 0.3) is 0 Å². The van der Waals surface area contributed by atoms with Crippen molar-refractivity contribution >= 4 is 5.69 Å². The number of rotatable bonds is 2. The molecule has 0 radical (unpaired) electrons. The first-order valence-electron chi connectivity index (χ1n) is 5.09. The number of nitriles is 1. The molecular formula is C13H11N3O. The fourth-order valence-corrected chi connectivity index (χ4v) is 1.31. The van der Waals surface area contributed by atoms with Crippen LogP contribution in [0.2, 0.25) is 0 Å². The molecule has 0 atom stereocenters.